The zero-order valence-corrected chi connectivity index (χ0v) is 14.8. The number of aliphatic hydroxyl groups is 1. The Kier molecular flexibility index (Phi) is 4.73. The van der Waals surface area contributed by atoms with Crippen molar-refractivity contribution in [2.24, 2.45) is 0 Å². The minimum atomic E-state index is 0.101. The number of fused-ring (bicyclic) bond motifs is 1. The van der Waals surface area contributed by atoms with Crippen molar-refractivity contribution in [1.82, 2.24) is 15.1 Å². The molecule has 0 saturated carbocycles. The van der Waals surface area contributed by atoms with Crippen LogP contribution in [0.5, 0.6) is 0 Å². The molecule has 2 heterocycles. The van der Waals surface area contributed by atoms with Crippen LogP contribution in [0.1, 0.15) is 41.2 Å². The molecule has 0 amide bonds. The number of aryl methyl sites for hydroxylation is 2. The van der Waals surface area contributed by atoms with E-state index >= 15 is 0 Å². The van der Waals surface area contributed by atoms with E-state index < -0.39 is 0 Å². The predicted molar refractivity (Wildman–Crippen MR) is 95.0 cm³/mol. The summed E-state index contributed by atoms with van der Waals surface area (Å²) in [5.74, 6) is 0.981. The van der Waals surface area contributed by atoms with Crippen molar-refractivity contribution in [3.8, 4) is 0 Å². The molecule has 0 aliphatic heterocycles. The molecule has 0 bridgehead atoms. The first kappa shape index (κ1) is 16.7. The van der Waals surface area contributed by atoms with Gasteiger partial charge in [-0.3, -0.25) is 4.68 Å². The summed E-state index contributed by atoms with van der Waals surface area (Å²) < 4.78 is 7.90. The SMILES string of the molecule is Cc1nn(CCO)c(C)c1CNC(C)c1oc2ccccc2c1C. The van der Waals surface area contributed by atoms with Crippen LogP contribution in [0.3, 0.4) is 0 Å². The molecular formula is C19H25N3O2. The van der Waals surface area contributed by atoms with Crippen LogP contribution in [0, 0.1) is 20.8 Å². The van der Waals surface area contributed by atoms with E-state index in [2.05, 4.69) is 30.3 Å². The summed E-state index contributed by atoms with van der Waals surface area (Å²) >= 11 is 0. The van der Waals surface area contributed by atoms with Gasteiger partial charge in [0.1, 0.15) is 11.3 Å². The van der Waals surface area contributed by atoms with Crippen molar-refractivity contribution in [1.29, 1.82) is 0 Å². The molecule has 24 heavy (non-hydrogen) atoms. The maximum absolute atomic E-state index is 9.12. The van der Waals surface area contributed by atoms with Crippen LogP contribution in [0.4, 0.5) is 0 Å². The third-order valence-electron chi connectivity index (χ3n) is 4.70. The van der Waals surface area contributed by atoms with Gasteiger partial charge in [0, 0.05) is 23.2 Å². The molecule has 5 heteroatoms. The highest BCUT2D eigenvalue weighted by molar-refractivity contribution is 5.82. The van der Waals surface area contributed by atoms with Crippen LogP contribution in [0.15, 0.2) is 28.7 Å². The highest BCUT2D eigenvalue weighted by atomic mass is 16.3. The lowest BCUT2D eigenvalue weighted by molar-refractivity contribution is 0.267. The fourth-order valence-corrected chi connectivity index (χ4v) is 3.26. The van der Waals surface area contributed by atoms with Gasteiger partial charge in [0.2, 0.25) is 0 Å². The summed E-state index contributed by atoms with van der Waals surface area (Å²) in [6.45, 7) is 9.64. The van der Waals surface area contributed by atoms with Gasteiger partial charge in [-0.05, 0) is 39.3 Å². The van der Waals surface area contributed by atoms with E-state index in [9.17, 15) is 0 Å². The molecule has 2 aromatic heterocycles. The molecule has 0 spiro atoms. The number of aromatic nitrogens is 2. The quantitative estimate of drug-likeness (QED) is 0.728. The van der Waals surface area contributed by atoms with Crippen LogP contribution in [0.2, 0.25) is 0 Å². The lowest BCUT2D eigenvalue weighted by atomic mass is 10.1. The maximum atomic E-state index is 9.12. The number of para-hydroxylation sites is 1. The Hall–Kier alpha value is -2.11. The first-order valence-electron chi connectivity index (χ1n) is 8.38. The van der Waals surface area contributed by atoms with E-state index in [1.165, 1.54) is 16.5 Å². The number of nitrogens with zero attached hydrogens (tertiary/aromatic N) is 2. The molecule has 3 aromatic rings. The van der Waals surface area contributed by atoms with Gasteiger partial charge in [0.15, 0.2) is 0 Å². The number of hydrogen-bond donors (Lipinski definition) is 2. The van der Waals surface area contributed by atoms with E-state index in [0.29, 0.717) is 6.54 Å². The lowest BCUT2D eigenvalue weighted by Crippen LogP contribution is -2.19. The Balaban J connectivity index is 1.78. The first-order valence-corrected chi connectivity index (χ1v) is 8.38. The Morgan fingerprint density at radius 1 is 1.25 bits per heavy atom. The second-order valence-corrected chi connectivity index (χ2v) is 6.29. The minimum Gasteiger partial charge on any atom is -0.459 e. The van der Waals surface area contributed by atoms with Crippen LogP contribution in [-0.4, -0.2) is 21.5 Å². The number of furan rings is 1. The first-order chi connectivity index (χ1) is 11.5. The van der Waals surface area contributed by atoms with Crippen LogP contribution in [-0.2, 0) is 13.1 Å². The summed E-state index contributed by atoms with van der Waals surface area (Å²) in [7, 11) is 0. The van der Waals surface area contributed by atoms with Crippen molar-refractivity contribution in [2.45, 2.75) is 46.8 Å². The Bertz CT molecular complexity index is 848. The zero-order valence-electron chi connectivity index (χ0n) is 14.8. The Morgan fingerprint density at radius 3 is 2.71 bits per heavy atom. The molecule has 0 aliphatic carbocycles. The van der Waals surface area contributed by atoms with Crippen LogP contribution in [0.25, 0.3) is 11.0 Å². The van der Waals surface area contributed by atoms with Crippen LogP contribution < -0.4 is 5.32 Å². The molecule has 2 N–H and O–H groups in total. The largest absolute Gasteiger partial charge is 0.459 e. The molecule has 0 radical (unpaired) electrons. The van der Waals surface area contributed by atoms with Crippen LogP contribution >= 0.6 is 0 Å². The molecule has 1 unspecified atom stereocenters. The summed E-state index contributed by atoms with van der Waals surface area (Å²) in [5.41, 5.74) is 5.41. The van der Waals surface area contributed by atoms with Crippen molar-refractivity contribution >= 4 is 11.0 Å². The average molecular weight is 327 g/mol. The maximum Gasteiger partial charge on any atom is 0.134 e. The minimum absolute atomic E-state index is 0.101. The summed E-state index contributed by atoms with van der Waals surface area (Å²) in [5, 5.41) is 18.3. The lowest BCUT2D eigenvalue weighted by Gasteiger charge is -2.13. The predicted octanol–water partition coefficient (Wildman–Crippen LogP) is 3.40. The molecule has 0 saturated heterocycles. The molecule has 128 valence electrons. The van der Waals surface area contributed by atoms with Gasteiger partial charge in [0.25, 0.3) is 0 Å². The van der Waals surface area contributed by atoms with Gasteiger partial charge in [0.05, 0.1) is 24.9 Å². The van der Waals surface area contributed by atoms with Crippen molar-refractivity contribution in [3.63, 3.8) is 0 Å². The van der Waals surface area contributed by atoms with E-state index in [0.717, 1.165) is 29.3 Å². The molecule has 0 fully saturated rings. The topological polar surface area (TPSA) is 63.2 Å². The third-order valence-corrected chi connectivity index (χ3v) is 4.70. The van der Waals surface area contributed by atoms with E-state index in [4.69, 9.17) is 9.52 Å². The highest BCUT2D eigenvalue weighted by Crippen LogP contribution is 2.29. The standard InChI is InChI=1S/C19H25N3O2/c1-12-16-7-5-6-8-18(16)24-19(12)14(3)20-11-17-13(2)21-22(9-10-23)15(17)4/h5-8,14,20,23H,9-11H2,1-4H3. The fourth-order valence-electron chi connectivity index (χ4n) is 3.26. The number of aliphatic hydroxyl groups excluding tert-OH is 1. The Labute approximate surface area is 142 Å². The second kappa shape index (κ2) is 6.79. The molecule has 1 atom stereocenters. The number of hydrogen-bond acceptors (Lipinski definition) is 4. The van der Waals surface area contributed by atoms with Gasteiger partial charge >= 0.3 is 0 Å². The van der Waals surface area contributed by atoms with Gasteiger partial charge in [-0.2, -0.15) is 5.10 Å². The summed E-state index contributed by atoms with van der Waals surface area (Å²) in [6.07, 6.45) is 0. The van der Waals surface area contributed by atoms with Gasteiger partial charge < -0.3 is 14.8 Å². The smallest absolute Gasteiger partial charge is 0.134 e. The third kappa shape index (κ3) is 2.97. The molecule has 1 aromatic carbocycles. The average Bonchev–Trinajstić information content (AvgIpc) is 3.04. The summed E-state index contributed by atoms with van der Waals surface area (Å²) in [6, 6.07) is 8.24. The Morgan fingerprint density at radius 2 is 2.00 bits per heavy atom. The molecule has 0 aliphatic rings. The zero-order chi connectivity index (χ0) is 17.3. The van der Waals surface area contributed by atoms with E-state index in [1.807, 2.05) is 36.7 Å². The number of rotatable bonds is 6. The second-order valence-electron chi connectivity index (χ2n) is 6.29. The van der Waals surface area contributed by atoms with E-state index in [-0.39, 0.29) is 12.6 Å². The normalized spacial score (nSPS) is 12.9. The number of benzene rings is 1. The van der Waals surface area contributed by atoms with Crippen molar-refractivity contribution in [2.75, 3.05) is 6.61 Å². The van der Waals surface area contributed by atoms with Gasteiger partial charge in [-0.15, -0.1) is 0 Å². The molecule has 3 rings (SSSR count). The fraction of sp³-hybridized carbons (Fsp3) is 0.421. The highest BCUT2D eigenvalue weighted by Gasteiger charge is 2.18. The van der Waals surface area contributed by atoms with E-state index in [1.54, 1.807) is 0 Å². The molecule has 5 nitrogen and oxygen atoms in total. The summed E-state index contributed by atoms with van der Waals surface area (Å²) in [4.78, 5) is 0. The van der Waals surface area contributed by atoms with Gasteiger partial charge in [-0.1, -0.05) is 18.2 Å². The number of nitrogens with one attached hydrogen (secondary N) is 1. The monoisotopic (exact) mass is 327 g/mol. The van der Waals surface area contributed by atoms with Crippen molar-refractivity contribution in [3.05, 3.63) is 52.5 Å². The van der Waals surface area contributed by atoms with Crippen molar-refractivity contribution < 1.29 is 9.52 Å². The molecular weight excluding hydrogens is 302 g/mol. The van der Waals surface area contributed by atoms with Gasteiger partial charge in [-0.25, -0.2) is 0 Å².